The van der Waals surface area contributed by atoms with Crippen molar-refractivity contribution in [3.05, 3.63) is 12.4 Å². The third kappa shape index (κ3) is 1.29. The molecule has 0 atom stereocenters. The van der Waals surface area contributed by atoms with Crippen molar-refractivity contribution < 1.29 is 21.6 Å². The van der Waals surface area contributed by atoms with Gasteiger partial charge in [0, 0.05) is 6.20 Å². The van der Waals surface area contributed by atoms with Crippen molar-refractivity contribution in [3.63, 3.8) is 0 Å². The number of hydrogen-bond acceptors (Lipinski definition) is 3. The van der Waals surface area contributed by atoms with Gasteiger partial charge in [-0.05, 0) is 0 Å². The fourth-order valence-corrected chi connectivity index (χ4v) is 1.19. The molecule has 0 spiro atoms. The van der Waals surface area contributed by atoms with Gasteiger partial charge in [-0.3, -0.25) is 5.10 Å². The predicted molar refractivity (Wildman–Crippen MR) is 31.8 cm³/mol. The Balaban J connectivity index is 3.22. The van der Waals surface area contributed by atoms with Crippen molar-refractivity contribution >= 4 is 9.84 Å². The smallest absolute Gasteiger partial charge is 0.284 e. The highest BCUT2D eigenvalue weighted by Gasteiger charge is 2.47. The molecule has 0 saturated heterocycles. The minimum atomic E-state index is -5.27. The van der Waals surface area contributed by atoms with E-state index in [-0.39, 0.29) is 0 Å². The van der Waals surface area contributed by atoms with Crippen LogP contribution in [0.3, 0.4) is 0 Å². The first-order valence-corrected chi connectivity index (χ1v) is 4.14. The van der Waals surface area contributed by atoms with E-state index in [1.165, 1.54) is 0 Å². The van der Waals surface area contributed by atoms with Crippen LogP contribution in [0.5, 0.6) is 0 Å². The molecule has 0 bridgehead atoms. The van der Waals surface area contributed by atoms with Crippen molar-refractivity contribution in [2.45, 2.75) is 10.4 Å². The normalized spacial score (nSPS) is 13.2. The van der Waals surface area contributed by atoms with Gasteiger partial charge in [-0.1, -0.05) is 0 Å². The van der Waals surface area contributed by atoms with Crippen molar-refractivity contribution in [3.8, 4) is 0 Å². The highest BCUT2D eigenvalue weighted by molar-refractivity contribution is 7.92. The molecule has 0 amide bonds. The van der Waals surface area contributed by atoms with Crippen molar-refractivity contribution in [2.75, 3.05) is 0 Å². The molecule has 1 N–H and O–H groups in total. The number of alkyl halides is 3. The largest absolute Gasteiger partial charge is 0.502 e. The molecule has 1 aromatic heterocycles. The topological polar surface area (TPSA) is 62.8 Å². The minimum Gasteiger partial charge on any atom is -0.284 e. The molecular weight excluding hydrogens is 197 g/mol. The Morgan fingerprint density at radius 2 is 2.00 bits per heavy atom. The molecule has 4 nitrogen and oxygen atoms in total. The Hall–Kier alpha value is -1.05. The van der Waals surface area contributed by atoms with Crippen LogP contribution in [0.15, 0.2) is 17.3 Å². The molecule has 0 radical (unpaired) electrons. The molecule has 0 aromatic carbocycles. The van der Waals surface area contributed by atoms with Crippen LogP contribution in [0.1, 0.15) is 0 Å². The molecule has 1 aromatic rings. The summed E-state index contributed by atoms with van der Waals surface area (Å²) in [4.78, 5) is -0.880. The SMILES string of the molecule is O=S(=O)(c1cn[nH]c1)C(F)(F)F. The number of H-pyrrole nitrogens is 1. The maximum atomic E-state index is 11.8. The molecule has 0 unspecified atom stereocenters. The van der Waals surface area contributed by atoms with Crippen LogP contribution in [0.25, 0.3) is 0 Å². The fraction of sp³-hybridized carbons (Fsp3) is 0.250. The first-order valence-electron chi connectivity index (χ1n) is 2.66. The van der Waals surface area contributed by atoms with Gasteiger partial charge < -0.3 is 0 Å². The summed E-state index contributed by atoms with van der Waals surface area (Å²) >= 11 is 0. The Labute approximate surface area is 65.3 Å². The molecular formula is C4H3F3N2O2S. The van der Waals surface area contributed by atoms with E-state index in [1.54, 1.807) is 0 Å². The zero-order valence-electron chi connectivity index (χ0n) is 5.46. The van der Waals surface area contributed by atoms with Crippen LogP contribution in [0.2, 0.25) is 0 Å². The van der Waals surface area contributed by atoms with E-state index in [0.29, 0.717) is 12.4 Å². The van der Waals surface area contributed by atoms with Crippen molar-refractivity contribution in [1.29, 1.82) is 0 Å². The van der Waals surface area contributed by atoms with Gasteiger partial charge in [-0.2, -0.15) is 18.3 Å². The summed E-state index contributed by atoms with van der Waals surface area (Å²) in [5, 5.41) is 5.08. The van der Waals surface area contributed by atoms with Gasteiger partial charge in [-0.25, -0.2) is 8.42 Å². The average Bonchev–Trinajstić information content (AvgIpc) is 2.34. The van der Waals surface area contributed by atoms with Gasteiger partial charge in [0.15, 0.2) is 0 Å². The predicted octanol–water partition coefficient (Wildman–Crippen LogP) is 0.703. The van der Waals surface area contributed by atoms with Crippen LogP contribution in [0, 0.1) is 0 Å². The lowest BCUT2D eigenvalue weighted by atomic mass is 10.7. The van der Waals surface area contributed by atoms with Gasteiger partial charge >= 0.3 is 5.51 Å². The molecule has 0 aliphatic heterocycles. The van der Waals surface area contributed by atoms with Gasteiger partial charge in [-0.15, -0.1) is 0 Å². The van der Waals surface area contributed by atoms with Crippen LogP contribution < -0.4 is 0 Å². The summed E-state index contributed by atoms with van der Waals surface area (Å²) in [5.41, 5.74) is -5.27. The lowest BCUT2D eigenvalue weighted by Gasteiger charge is -2.03. The second-order valence-electron chi connectivity index (χ2n) is 1.88. The fourth-order valence-electron chi connectivity index (χ4n) is 0.520. The van der Waals surface area contributed by atoms with Crippen LogP contribution >= 0.6 is 0 Å². The summed E-state index contributed by atoms with van der Waals surface area (Å²) in [7, 11) is -5.23. The van der Waals surface area contributed by atoms with Crippen molar-refractivity contribution in [1.82, 2.24) is 10.2 Å². The third-order valence-electron chi connectivity index (χ3n) is 1.09. The van der Waals surface area contributed by atoms with Crippen LogP contribution in [0.4, 0.5) is 13.2 Å². The molecule has 0 aliphatic carbocycles. The molecule has 1 heterocycles. The van der Waals surface area contributed by atoms with E-state index in [0.717, 1.165) is 0 Å². The van der Waals surface area contributed by atoms with Crippen LogP contribution in [-0.4, -0.2) is 24.1 Å². The van der Waals surface area contributed by atoms with E-state index in [9.17, 15) is 21.6 Å². The molecule has 0 saturated carbocycles. The standard InChI is InChI=1S/C4H3F3N2O2S/c5-4(6,7)12(10,11)3-1-8-9-2-3/h1-2H,(H,8,9). The Morgan fingerprint density at radius 1 is 1.42 bits per heavy atom. The van der Waals surface area contributed by atoms with E-state index in [4.69, 9.17) is 0 Å². The number of aromatic nitrogens is 2. The summed E-state index contributed by atoms with van der Waals surface area (Å²) in [6.45, 7) is 0. The highest BCUT2D eigenvalue weighted by Crippen LogP contribution is 2.29. The number of halogens is 3. The van der Waals surface area contributed by atoms with Gasteiger partial charge in [0.2, 0.25) is 0 Å². The van der Waals surface area contributed by atoms with E-state index in [2.05, 4.69) is 5.10 Å². The number of nitrogens with one attached hydrogen (secondary N) is 1. The quantitative estimate of drug-likeness (QED) is 0.725. The zero-order chi connectivity index (χ0) is 9.41. The summed E-state index contributed by atoms with van der Waals surface area (Å²) in [5.74, 6) is 0. The maximum Gasteiger partial charge on any atom is 0.502 e. The number of rotatable bonds is 1. The van der Waals surface area contributed by atoms with Crippen LogP contribution in [-0.2, 0) is 9.84 Å². The molecule has 68 valence electrons. The molecule has 12 heavy (non-hydrogen) atoms. The summed E-state index contributed by atoms with van der Waals surface area (Å²) in [6, 6.07) is 0. The number of sulfone groups is 1. The third-order valence-corrected chi connectivity index (χ3v) is 2.54. The summed E-state index contributed by atoms with van der Waals surface area (Å²) < 4.78 is 56.4. The molecule has 8 heteroatoms. The molecule has 1 rings (SSSR count). The zero-order valence-corrected chi connectivity index (χ0v) is 6.28. The Morgan fingerprint density at radius 3 is 2.33 bits per heavy atom. The van der Waals surface area contributed by atoms with E-state index >= 15 is 0 Å². The number of aromatic amines is 1. The second-order valence-corrected chi connectivity index (χ2v) is 3.82. The number of hydrogen-bond donors (Lipinski definition) is 1. The number of nitrogens with zero attached hydrogens (tertiary/aromatic N) is 1. The van der Waals surface area contributed by atoms with Crippen molar-refractivity contribution in [2.24, 2.45) is 0 Å². The Kier molecular flexibility index (Phi) is 1.86. The monoisotopic (exact) mass is 200 g/mol. The summed E-state index contributed by atoms with van der Waals surface area (Å²) in [6.07, 6.45) is 1.27. The first-order chi connectivity index (χ1) is 5.36. The van der Waals surface area contributed by atoms with Gasteiger partial charge in [0.25, 0.3) is 9.84 Å². The first kappa shape index (κ1) is 9.04. The lowest BCUT2D eigenvalue weighted by Crippen LogP contribution is -2.22. The van der Waals surface area contributed by atoms with Gasteiger partial charge in [0.05, 0.1) is 6.20 Å². The lowest BCUT2D eigenvalue weighted by molar-refractivity contribution is -0.0436. The Bertz CT molecular complexity index is 352. The molecule has 0 aliphatic rings. The van der Waals surface area contributed by atoms with Gasteiger partial charge in [0.1, 0.15) is 4.90 Å². The second kappa shape index (κ2) is 2.47. The minimum absolute atomic E-state index is 0.600. The van der Waals surface area contributed by atoms with E-state index < -0.39 is 20.2 Å². The molecule has 0 fully saturated rings. The maximum absolute atomic E-state index is 11.8. The van der Waals surface area contributed by atoms with E-state index in [1.807, 2.05) is 5.10 Å². The highest BCUT2D eigenvalue weighted by atomic mass is 32.2. The average molecular weight is 200 g/mol.